The van der Waals surface area contributed by atoms with Gasteiger partial charge < -0.3 is 15.0 Å². The number of ether oxygens (including phenoxy) is 1. The Balaban J connectivity index is 1.75. The van der Waals surface area contributed by atoms with Crippen LogP contribution in [0.2, 0.25) is 0 Å². The van der Waals surface area contributed by atoms with Gasteiger partial charge in [-0.2, -0.15) is 0 Å². The van der Waals surface area contributed by atoms with Crippen LogP contribution in [0, 0.1) is 0 Å². The van der Waals surface area contributed by atoms with E-state index in [1.165, 1.54) is 11.3 Å². The number of nitrogens with one attached hydrogen (secondary N) is 1. The maximum Gasteiger partial charge on any atom is 0.261 e. The number of nitrogens with zero attached hydrogens (tertiary/aromatic N) is 1. The number of thiophene rings is 1. The van der Waals surface area contributed by atoms with Crippen molar-refractivity contribution in [2.75, 3.05) is 32.8 Å². The average molecular weight is 296 g/mol. The Morgan fingerprint density at radius 3 is 2.85 bits per heavy atom. The number of aryl methyl sites for hydroxylation is 1. The lowest BCUT2D eigenvalue weighted by molar-refractivity contribution is -0.135. The second kappa shape index (κ2) is 7.40. The minimum Gasteiger partial charge on any atom is -0.378 e. The predicted octanol–water partition coefficient (Wildman–Crippen LogP) is 1.29. The van der Waals surface area contributed by atoms with Crippen molar-refractivity contribution >= 4 is 23.2 Å². The van der Waals surface area contributed by atoms with Crippen molar-refractivity contribution in [3.8, 4) is 0 Å². The van der Waals surface area contributed by atoms with Gasteiger partial charge in [-0.1, -0.05) is 6.92 Å². The first-order valence-corrected chi connectivity index (χ1v) is 7.80. The predicted molar refractivity (Wildman–Crippen MR) is 78.0 cm³/mol. The summed E-state index contributed by atoms with van der Waals surface area (Å²) in [6.45, 7) is 4.92. The zero-order valence-electron chi connectivity index (χ0n) is 11.7. The van der Waals surface area contributed by atoms with Crippen LogP contribution in [-0.4, -0.2) is 49.6 Å². The molecular weight excluding hydrogens is 276 g/mol. The van der Waals surface area contributed by atoms with Gasteiger partial charge in [0.1, 0.15) is 0 Å². The van der Waals surface area contributed by atoms with E-state index in [1.54, 1.807) is 4.90 Å². The molecule has 2 amide bonds. The lowest BCUT2D eigenvalue weighted by atomic mass is 10.2. The number of morpholine rings is 1. The zero-order valence-corrected chi connectivity index (χ0v) is 12.5. The van der Waals surface area contributed by atoms with Crippen LogP contribution in [-0.2, 0) is 16.0 Å². The van der Waals surface area contributed by atoms with Gasteiger partial charge in [0.15, 0.2) is 0 Å². The molecule has 1 aliphatic heterocycles. The van der Waals surface area contributed by atoms with E-state index in [-0.39, 0.29) is 11.8 Å². The minimum absolute atomic E-state index is 0.0772. The summed E-state index contributed by atoms with van der Waals surface area (Å²) >= 11 is 1.45. The van der Waals surface area contributed by atoms with E-state index >= 15 is 0 Å². The molecule has 0 spiro atoms. The van der Waals surface area contributed by atoms with E-state index < -0.39 is 0 Å². The molecule has 1 aliphatic rings. The van der Waals surface area contributed by atoms with Crippen LogP contribution in [0.3, 0.4) is 0 Å². The Kier molecular flexibility index (Phi) is 5.55. The molecule has 1 aromatic rings. The fourth-order valence-corrected chi connectivity index (χ4v) is 3.06. The highest BCUT2D eigenvalue weighted by molar-refractivity contribution is 7.12. The van der Waals surface area contributed by atoms with E-state index in [9.17, 15) is 9.59 Å². The monoisotopic (exact) mass is 296 g/mol. The molecule has 1 aromatic heterocycles. The minimum atomic E-state index is -0.0772. The van der Waals surface area contributed by atoms with Crippen molar-refractivity contribution in [3.05, 3.63) is 21.9 Å². The van der Waals surface area contributed by atoms with Crippen molar-refractivity contribution in [2.24, 2.45) is 0 Å². The lowest BCUT2D eigenvalue weighted by Gasteiger charge is -2.26. The maximum atomic E-state index is 12.0. The molecule has 110 valence electrons. The first-order chi connectivity index (χ1) is 9.72. The molecule has 6 heteroatoms. The standard InChI is InChI=1S/C14H20N2O3S/c1-2-11-4-10-20-13(11)14(18)15-5-3-12(17)16-6-8-19-9-7-16/h4,10H,2-3,5-9H2,1H3,(H,15,18). The SMILES string of the molecule is CCc1ccsc1C(=O)NCCC(=O)N1CCOCC1. The zero-order chi connectivity index (χ0) is 14.4. The molecule has 0 bridgehead atoms. The first kappa shape index (κ1) is 15.0. The fourth-order valence-electron chi connectivity index (χ4n) is 2.15. The van der Waals surface area contributed by atoms with Crippen LogP contribution in [0.5, 0.6) is 0 Å². The second-order valence-electron chi connectivity index (χ2n) is 4.63. The fraction of sp³-hybridized carbons (Fsp3) is 0.571. The molecule has 0 unspecified atom stereocenters. The van der Waals surface area contributed by atoms with Crippen molar-refractivity contribution in [3.63, 3.8) is 0 Å². The Morgan fingerprint density at radius 1 is 1.40 bits per heavy atom. The van der Waals surface area contributed by atoms with Gasteiger partial charge >= 0.3 is 0 Å². The van der Waals surface area contributed by atoms with Crippen LogP contribution >= 0.6 is 11.3 Å². The summed E-state index contributed by atoms with van der Waals surface area (Å²) in [4.78, 5) is 26.5. The van der Waals surface area contributed by atoms with Crippen molar-refractivity contribution in [1.29, 1.82) is 0 Å². The molecular formula is C14H20N2O3S. The van der Waals surface area contributed by atoms with Gasteiger partial charge in [0.25, 0.3) is 5.91 Å². The van der Waals surface area contributed by atoms with Gasteiger partial charge in [0.2, 0.25) is 5.91 Å². The number of carbonyl (C=O) groups is 2. The molecule has 2 rings (SSSR count). The second-order valence-corrected chi connectivity index (χ2v) is 5.54. The van der Waals surface area contributed by atoms with Crippen LogP contribution in [0.25, 0.3) is 0 Å². The summed E-state index contributed by atoms with van der Waals surface area (Å²) < 4.78 is 5.20. The number of hydrogen-bond donors (Lipinski definition) is 1. The molecule has 1 fully saturated rings. The van der Waals surface area contributed by atoms with E-state index in [4.69, 9.17) is 4.74 Å². The van der Waals surface area contributed by atoms with Gasteiger partial charge in [0.05, 0.1) is 18.1 Å². The summed E-state index contributed by atoms with van der Waals surface area (Å²) in [5.74, 6) is 0.00196. The molecule has 2 heterocycles. The van der Waals surface area contributed by atoms with Crippen molar-refractivity contribution in [1.82, 2.24) is 10.2 Å². The summed E-state index contributed by atoms with van der Waals surface area (Å²) in [7, 11) is 0. The largest absolute Gasteiger partial charge is 0.378 e. The molecule has 0 aliphatic carbocycles. The lowest BCUT2D eigenvalue weighted by Crippen LogP contribution is -2.42. The molecule has 20 heavy (non-hydrogen) atoms. The van der Waals surface area contributed by atoms with E-state index in [0.29, 0.717) is 39.3 Å². The molecule has 0 atom stereocenters. The van der Waals surface area contributed by atoms with Crippen LogP contribution < -0.4 is 5.32 Å². The highest BCUT2D eigenvalue weighted by atomic mass is 32.1. The number of hydrogen-bond acceptors (Lipinski definition) is 4. The summed E-state index contributed by atoms with van der Waals surface area (Å²) in [6, 6.07) is 1.97. The highest BCUT2D eigenvalue weighted by Crippen LogP contribution is 2.16. The molecule has 0 aromatic carbocycles. The maximum absolute atomic E-state index is 12.0. The quantitative estimate of drug-likeness (QED) is 0.891. The summed E-state index contributed by atoms with van der Waals surface area (Å²) in [5, 5.41) is 4.75. The van der Waals surface area contributed by atoms with Gasteiger partial charge in [-0.3, -0.25) is 9.59 Å². The van der Waals surface area contributed by atoms with Crippen LogP contribution in [0.4, 0.5) is 0 Å². The van der Waals surface area contributed by atoms with E-state index in [2.05, 4.69) is 5.32 Å². The van der Waals surface area contributed by atoms with Gasteiger partial charge in [-0.15, -0.1) is 11.3 Å². The smallest absolute Gasteiger partial charge is 0.261 e. The molecule has 0 saturated carbocycles. The van der Waals surface area contributed by atoms with Gasteiger partial charge in [0, 0.05) is 26.1 Å². The molecule has 1 N–H and O–H groups in total. The first-order valence-electron chi connectivity index (χ1n) is 6.92. The number of rotatable bonds is 5. The third-order valence-electron chi connectivity index (χ3n) is 3.32. The van der Waals surface area contributed by atoms with Gasteiger partial charge in [-0.25, -0.2) is 0 Å². The number of amides is 2. The Morgan fingerprint density at radius 2 is 2.15 bits per heavy atom. The normalized spacial score (nSPS) is 15.2. The third kappa shape index (κ3) is 3.80. The van der Waals surface area contributed by atoms with E-state index in [0.717, 1.165) is 16.9 Å². The van der Waals surface area contributed by atoms with Crippen molar-refractivity contribution in [2.45, 2.75) is 19.8 Å². The van der Waals surface area contributed by atoms with Crippen LogP contribution in [0.15, 0.2) is 11.4 Å². The summed E-state index contributed by atoms with van der Waals surface area (Å²) in [5.41, 5.74) is 1.06. The molecule has 5 nitrogen and oxygen atoms in total. The topological polar surface area (TPSA) is 58.6 Å². The summed E-state index contributed by atoms with van der Waals surface area (Å²) in [6.07, 6.45) is 1.19. The molecule has 0 radical (unpaired) electrons. The Hall–Kier alpha value is -1.40. The Bertz CT molecular complexity index is 467. The van der Waals surface area contributed by atoms with Crippen molar-refractivity contribution < 1.29 is 14.3 Å². The highest BCUT2D eigenvalue weighted by Gasteiger charge is 2.17. The third-order valence-corrected chi connectivity index (χ3v) is 4.28. The average Bonchev–Trinajstić information content (AvgIpc) is 2.96. The Labute approximate surface area is 122 Å². The van der Waals surface area contributed by atoms with E-state index in [1.807, 2.05) is 18.4 Å². The molecule has 1 saturated heterocycles. The van der Waals surface area contributed by atoms with Gasteiger partial charge in [-0.05, 0) is 23.4 Å². The van der Waals surface area contributed by atoms with Crippen LogP contribution in [0.1, 0.15) is 28.6 Å². The number of carbonyl (C=O) groups excluding carboxylic acids is 2.